The van der Waals surface area contributed by atoms with Gasteiger partial charge in [-0.25, -0.2) is 9.97 Å². The second kappa shape index (κ2) is 7.09. The molecule has 4 heterocycles. The zero-order valence-electron chi connectivity index (χ0n) is 14.4. The van der Waals surface area contributed by atoms with E-state index in [1.165, 1.54) is 24.2 Å². The number of hydrogen-bond acceptors (Lipinski definition) is 6. The van der Waals surface area contributed by atoms with Gasteiger partial charge in [-0.2, -0.15) is 0 Å². The van der Waals surface area contributed by atoms with Crippen molar-refractivity contribution in [1.82, 2.24) is 14.9 Å². The number of aromatic nitrogens is 2. The molecule has 1 atom stereocenters. The van der Waals surface area contributed by atoms with Gasteiger partial charge in [-0.3, -0.25) is 4.79 Å². The van der Waals surface area contributed by atoms with Crippen LogP contribution >= 0.6 is 11.3 Å². The van der Waals surface area contributed by atoms with Crippen LogP contribution < -0.4 is 4.90 Å². The van der Waals surface area contributed by atoms with Gasteiger partial charge < -0.3 is 14.5 Å². The Labute approximate surface area is 151 Å². The topological polar surface area (TPSA) is 58.6 Å². The molecule has 0 spiro atoms. The number of carbonyl (C=O) groups excluding carboxylic acids is 1. The van der Waals surface area contributed by atoms with E-state index in [1.54, 1.807) is 6.20 Å². The molecule has 4 rings (SSSR count). The molecule has 132 valence electrons. The lowest BCUT2D eigenvalue weighted by atomic mass is 10.2. The quantitative estimate of drug-likeness (QED) is 0.844. The van der Waals surface area contributed by atoms with E-state index in [2.05, 4.69) is 9.88 Å². The van der Waals surface area contributed by atoms with Crippen LogP contribution in [0.15, 0.2) is 23.7 Å². The molecule has 7 heteroatoms. The van der Waals surface area contributed by atoms with E-state index in [0.717, 1.165) is 35.2 Å². The summed E-state index contributed by atoms with van der Waals surface area (Å²) in [5.74, 6) is 0.866. The molecule has 2 aromatic rings. The van der Waals surface area contributed by atoms with Crippen LogP contribution in [0, 0.1) is 6.92 Å². The fourth-order valence-corrected chi connectivity index (χ4v) is 4.25. The summed E-state index contributed by atoms with van der Waals surface area (Å²) in [6.07, 6.45) is 3.98. The first-order valence-corrected chi connectivity index (χ1v) is 9.63. The van der Waals surface area contributed by atoms with Crippen LogP contribution in [0.5, 0.6) is 0 Å². The molecule has 0 unspecified atom stereocenters. The maximum Gasteiger partial charge on any atom is 0.264 e. The summed E-state index contributed by atoms with van der Waals surface area (Å²) in [4.78, 5) is 26.8. The van der Waals surface area contributed by atoms with Gasteiger partial charge in [0.15, 0.2) is 0 Å². The van der Waals surface area contributed by atoms with E-state index >= 15 is 0 Å². The third kappa shape index (κ3) is 3.39. The zero-order valence-corrected chi connectivity index (χ0v) is 15.2. The van der Waals surface area contributed by atoms with Crippen molar-refractivity contribution in [1.29, 1.82) is 0 Å². The zero-order chi connectivity index (χ0) is 17.2. The minimum absolute atomic E-state index is 0.0922. The van der Waals surface area contributed by atoms with Gasteiger partial charge in [0.2, 0.25) is 5.95 Å². The van der Waals surface area contributed by atoms with Crippen LogP contribution in [0.25, 0.3) is 0 Å². The van der Waals surface area contributed by atoms with Crippen molar-refractivity contribution in [3.63, 3.8) is 0 Å². The Kier molecular flexibility index (Phi) is 4.67. The first-order valence-electron chi connectivity index (χ1n) is 8.75. The Morgan fingerprint density at radius 2 is 2.12 bits per heavy atom. The Morgan fingerprint density at radius 1 is 1.28 bits per heavy atom. The van der Waals surface area contributed by atoms with Crippen molar-refractivity contribution in [2.75, 3.05) is 37.7 Å². The van der Waals surface area contributed by atoms with Gasteiger partial charge in [-0.1, -0.05) is 0 Å². The number of carbonyl (C=O) groups is 1. The van der Waals surface area contributed by atoms with E-state index in [0.29, 0.717) is 19.7 Å². The van der Waals surface area contributed by atoms with E-state index in [4.69, 9.17) is 9.72 Å². The van der Waals surface area contributed by atoms with Gasteiger partial charge in [0.05, 0.1) is 23.7 Å². The summed E-state index contributed by atoms with van der Waals surface area (Å²) in [5.41, 5.74) is 1.90. The third-order valence-corrected chi connectivity index (χ3v) is 5.80. The van der Waals surface area contributed by atoms with Crippen molar-refractivity contribution in [2.45, 2.75) is 25.9 Å². The van der Waals surface area contributed by atoms with Crippen LogP contribution in [0.1, 0.15) is 39.9 Å². The molecule has 2 saturated heterocycles. The summed E-state index contributed by atoms with van der Waals surface area (Å²) >= 11 is 1.50. The maximum atomic E-state index is 12.8. The average molecular weight is 358 g/mol. The minimum atomic E-state index is -0.192. The Hall–Kier alpha value is -1.99. The number of rotatable bonds is 3. The molecule has 6 nitrogen and oxygen atoms in total. The van der Waals surface area contributed by atoms with Crippen molar-refractivity contribution in [3.8, 4) is 0 Å². The summed E-state index contributed by atoms with van der Waals surface area (Å²) in [5, 5.41) is 1.97. The predicted molar refractivity (Wildman–Crippen MR) is 97.1 cm³/mol. The molecule has 2 aromatic heterocycles. The fraction of sp³-hybridized carbons (Fsp3) is 0.500. The van der Waals surface area contributed by atoms with Crippen LogP contribution in [-0.2, 0) is 4.74 Å². The van der Waals surface area contributed by atoms with E-state index in [-0.39, 0.29) is 12.0 Å². The van der Waals surface area contributed by atoms with Crippen LogP contribution in [0.2, 0.25) is 0 Å². The van der Waals surface area contributed by atoms with Crippen molar-refractivity contribution >= 4 is 23.2 Å². The number of anilines is 1. The van der Waals surface area contributed by atoms with E-state index in [9.17, 15) is 4.79 Å². The van der Waals surface area contributed by atoms with Crippen LogP contribution in [0.4, 0.5) is 5.95 Å². The van der Waals surface area contributed by atoms with E-state index in [1.807, 2.05) is 29.3 Å². The van der Waals surface area contributed by atoms with Crippen LogP contribution in [0.3, 0.4) is 0 Å². The fourth-order valence-electron chi connectivity index (χ4n) is 3.36. The Bertz CT molecular complexity index is 757. The third-order valence-electron chi connectivity index (χ3n) is 4.79. The molecule has 0 bridgehead atoms. The number of morpholine rings is 1. The molecule has 2 aliphatic heterocycles. The highest BCUT2D eigenvalue weighted by molar-refractivity contribution is 7.12. The van der Waals surface area contributed by atoms with Crippen LogP contribution in [-0.4, -0.2) is 53.6 Å². The summed E-state index contributed by atoms with van der Waals surface area (Å²) < 4.78 is 5.91. The largest absolute Gasteiger partial charge is 0.368 e. The number of hydrogen-bond donors (Lipinski definition) is 0. The highest BCUT2D eigenvalue weighted by atomic mass is 32.1. The molecule has 2 fully saturated rings. The molecule has 25 heavy (non-hydrogen) atoms. The molecule has 0 saturated carbocycles. The van der Waals surface area contributed by atoms with Crippen molar-refractivity contribution in [3.05, 3.63) is 39.8 Å². The number of amides is 1. The monoisotopic (exact) mass is 358 g/mol. The highest BCUT2D eigenvalue weighted by Crippen LogP contribution is 2.26. The van der Waals surface area contributed by atoms with Crippen molar-refractivity contribution in [2.24, 2.45) is 0 Å². The normalized spacial score (nSPS) is 20.9. The molecular formula is C18H22N4O2S. The number of aryl methyl sites for hydroxylation is 1. The lowest BCUT2D eigenvalue weighted by Gasteiger charge is -2.32. The van der Waals surface area contributed by atoms with E-state index < -0.39 is 0 Å². The molecule has 0 aliphatic carbocycles. The maximum absolute atomic E-state index is 12.8. The Balaban J connectivity index is 1.50. The van der Waals surface area contributed by atoms with Gasteiger partial charge in [0.25, 0.3) is 5.91 Å². The number of thiophene rings is 1. The summed E-state index contributed by atoms with van der Waals surface area (Å²) in [7, 11) is 0. The lowest BCUT2D eigenvalue weighted by Crippen LogP contribution is -2.42. The van der Waals surface area contributed by atoms with Gasteiger partial charge >= 0.3 is 0 Å². The van der Waals surface area contributed by atoms with Gasteiger partial charge in [-0.05, 0) is 42.8 Å². The summed E-state index contributed by atoms with van der Waals surface area (Å²) in [6, 6.07) is 3.89. The first kappa shape index (κ1) is 16.5. The molecular weight excluding hydrogens is 336 g/mol. The second-order valence-electron chi connectivity index (χ2n) is 6.52. The molecule has 0 N–H and O–H groups in total. The van der Waals surface area contributed by atoms with Crippen molar-refractivity contribution < 1.29 is 9.53 Å². The highest BCUT2D eigenvalue weighted by Gasteiger charge is 2.29. The Morgan fingerprint density at radius 3 is 2.88 bits per heavy atom. The van der Waals surface area contributed by atoms with Gasteiger partial charge in [0, 0.05) is 25.8 Å². The smallest absolute Gasteiger partial charge is 0.264 e. The number of ether oxygens (including phenoxy) is 1. The van der Waals surface area contributed by atoms with Gasteiger partial charge in [0.1, 0.15) is 6.10 Å². The second-order valence-corrected chi connectivity index (χ2v) is 7.44. The molecule has 1 amide bonds. The lowest BCUT2D eigenvalue weighted by molar-refractivity contribution is -0.0246. The predicted octanol–water partition coefficient (Wildman–Crippen LogP) is 2.66. The minimum Gasteiger partial charge on any atom is -0.368 e. The average Bonchev–Trinajstić information content (AvgIpc) is 3.33. The van der Waals surface area contributed by atoms with Gasteiger partial charge in [-0.15, -0.1) is 11.3 Å². The number of nitrogens with zero attached hydrogens (tertiary/aromatic N) is 4. The first-order chi connectivity index (χ1) is 12.2. The SMILES string of the molecule is Cc1ccsc1C(=O)N1CCO[C@H](c2ccnc(N3CCCC3)n2)C1. The molecule has 0 aromatic carbocycles. The molecule has 2 aliphatic rings. The summed E-state index contributed by atoms with van der Waals surface area (Å²) in [6.45, 7) is 5.69. The molecule has 0 radical (unpaired) electrons. The standard InChI is InChI=1S/C18H22N4O2S/c1-13-5-11-25-16(13)17(23)22-9-10-24-15(12-22)14-4-6-19-18(20-14)21-7-2-3-8-21/h4-6,11,15H,2-3,7-10,12H2,1H3/t15-/m0/s1.